The molecule has 4 nitrogen and oxygen atoms in total. The van der Waals surface area contributed by atoms with Gasteiger partial charge in [0.05, 0.1) is 18.2 Å². The molecular weight excluding hydrogens is 250 g/mol. The van der Waals surface area contributed by atoms with E-state index in [-0.39, 0.29) is 5.78 Å². The highest BCUT2D eigenvalue weighted by Crippen LogP contribution is 2.11. The first-order valence-electron chi connectivity index (χ1n) is 7.06. The second-order valence-corrected chi connectivity index (χ2v) is 5.55. The Balaban J connectivity index is 2.01. The van der Waals surface area contributed by atoms with Gasteiger partial charge in [-0.05, 0) is 39.1 Å². The Morgan fingerprint density at radius 3 is 2.70 bits per heavy atom. The van der Waals surface area contributed by atoms with Crippen LogP contribution in [0.2, 0.25) is 0 Å². The molecule has 0 N–H and O–H groups in total. The third kappa shape index (κ3) is 3.66. The van der Waals surface area contributed by atoms with Gasteiger partial charge in [-0.3, -0.25) is 9.69 Å². The van der Waals surface area contributed by atoms with Crippen LogP contribution in [0, 0.1) is 11.3 Å². The first-order valence-corrected chi connectivity index (χ1v) is 7.06. The van der Waals surface area contributed by atoms with E-state index in [2.05, 4.69) is 29.8 Å². The zero-order valence-corrected chi connectivity index (χ0v) is 12.2. The van der Waals surface area contributed by atoms with E-state index < -0.39 is 0 Å². The normalized spacial score (nSPS) is 21.1. The Labute approximate surface area is 120 Å². The van der Waals surface area contributed by atoms with Gasteiger partial charge in [-0.25, -0.2) is 0 Å². The molecule has 0 amide bonds. The third-order valence-corrected chi connectivity index (χ3v) is 3.87. The summed E-state index contributed by atoms with van der Waals surface area (Å²) in [5.41, 5.74) is 1.28. The fourth-order valence-corrected chi connectivity index (χ4v) is 2.66. The van der Waals surface area contributed by atoms with E-state index in [0.717, 1.165) is 26.1 Å². The number of rotatable bonds is 3. The fraction of sp³-hybridized carbons (Fsp3) is 0.500. The maximum Gasteiger partial charge on any atom is 0.176 e. The number of likely N-dealkylation sites (N-methyl/N-ethyl adjacent to an activating group) is 1. The lowest BCUT2D eigenvalue weighted by atomic mass is 10.1. The number of Topliss-reactive ketones (excluding diaryl/α,β-unsaturated/α-hetero) is 1. The van der Waals surface area contributed by atoms with Gasteiger partial charge in [0.2, 0.25) is 0 Å². The Morgan fingerprint density at radius 2 is 2.05 bits per heavy atom. The Morgan fingerprint density at radius 1 is 1.35 bits per heavy atom. The monoisotopic (exact) mass is 271 g/mol. The van der Waals surface area contributed by atoms with Crippen LogP contribution in [-0.2, 0) is 0 Å². The van der Waals surface area contributed by atoms with Crippen molar-refractivity contribution in [2.24, 2.45) is 0 Å². The van der Waals surface area contributed by atoms with Gasteiger partial charge in [0.15, 0.2) is 5.78 Å². The largest absolute Gasteiger partial charge is 0.305 e. The number of ketones is 1. The van der Waals surface area contributed by atoms with Gasteiger partial charge in [0, 0.05) is 24.7 Å². The molecule has 0 radical (unpaired) electrons. The number of hydrogen-bond acceptors (Lipinski definition) is 4. The lowest BCUT2D eigenvalue weighted by Gasteiger charge is -2.27. The zero-order chi connectivity index (χ0) is 14.5. The van der Waals surface area contributed by atoms with Crippen molar-refractivity contribution in [2.45, 2.75) is 19.4 Å². The molecule has 0 spiro atoms. The number of carbonyl (C=O) groups is 1. The molecule has 1 aliphatic rings. The van der Waals surface area contributed by atoms with Crippen LogP contribution in [0.1, 0.15) is 29.3 Å². The van der Waals surface area contributed by atoms with E-state index in [0.29, 0.717) is 23.7 Å². The van der Waals surface area contributed by atoms with Crippen molar-refractivity contribution in [3.63, 3.8) is 0 Å². The van der Waals surface area contributed by atoms with Crippen molar-refractivity contribution in [2.75, 3.05) is 33.2 Å². The number of hydrogen-bond donors (Lipinski definition) is 0. The topological polar surface area (TPSA) is 47.3 Å². The molecule has 1 fully saturated rings. The van der Waals surface area contributed by atoms with Crippen LogP contribution >= 0.6 is 0 Å². The highest BCUT2D eigenvalue weighted by atomic mass is 16.1. The fourth-order valence-electron chi connectivity index (χ4n) is 2.66. The van der Waals surface area contributed by atoms with E-state index in [4.69, 9.17) is 5.26 Å². The number of nitriles is 1. The summed E-state index contributed by atoms with van der Waals surface area (Å²) >= 11 is 0. The van der Waals surface area contributed by atoms with Crippen molar-refractivity contribution in [1.29, 1.82) is 5.26 Å². The summed E-state index contributed by atoms with van der Waals surface area (Å²) in [6.45, 7) is 5.69. The highest BCUT2D eigenvalue weighted by Gasteiger charge is 2.21. The molecule has 106 valence electrons. The molecule has 0 aliphatic carbocycles. The second kappa shape index (κ2) is 6.65. The average molecular weight is 271 g/mol. The van der Waals surface area contributed by atoms with Gasteiger partial charge < -0.3 is 4.90 Å². The first kappa shape index (κ1) is 14.7. The number of nitrogens with zero attached hydrogens (tertiary/aromatic N) is 3. The maximum atomic E-state index is 12.3. The van der Waals surface area contributed by atoms with Gasteiger partial charge >= 0.3 is 0 Å². The molecule has 4 heteroatoms. The predicted octanol–water partition coefficient (Wildman–Crippen LogP) is 1.77. The minimum absolute atomic E-state index is 0.130. The molecule has 1 saturated heterocycles. The Hall–Kier alpha value is -1.70. The van der Waals surface area contributed by atoms with Crippen molar-refractivity contribution < 1.29 is 4.79 Å². The smallest absolute Gasteiger partial charge is 0.176 e. The molecule has 0 aromatic heterocycles. The quantitative estimate of drug-likeness (QED) is 0.786. The molecule has 0 bridgehead atoms. The second-order valence-electron chi connectivity index (χ2n) is 5.55. The van der Waals surface area contributed by atoms with Crippen molar-refractivity contribution in [3.05, 3.63) is 35.4 Å². The summed E-state index contributed by atoms with van der Waals surface area (Å²) in [6, 6.07) is 9.35. The number of benzene rings is 1. The summed E-state index contributed by atoms with van der Waals surface area (Å²) in [4.78, 5) is 16.9. The molecule has 20 heavy (non-hydrogen) atoms. The van der Waals surface area contributed by atoms with Gasteiger partial charge in [0.25, 0.3) is 0 Å². The van der Waals surface area contributed by atoms with Crippen molar-refractivity contribution in [1.82, 2.24) is 9.80 Å². The van der Waals surface area contributed by atoms with E-state index in [1.54, 1.807) is 24.3 Å². The summed E-state index contributed by atoms with van der Waals surface area (Å²) in [5, 5.41) is 8.77. The zero-order valence-electron chi connectivity index (χ0n) is 12.2. The van der Waals surface area contributed by atoms with Crippen LogP contribution in [0.25, 0.3) is 0 Å². The molecule has 1 atom stereocenters. The van der Waals surface area contributed by atoms with Crippen LogP contribution in [0.5, 0.6) is 0 Å². The Kier molecular flexibility index (Phi) is 4.89. The average Bonchev–Trinajstić information content (AvgIpc) is 2.60. The lowest BCUT2D eigenvalue weighted by Crippen LogP contribution is -2.40. The van der Waals surface area contributed by atoms with Crippen molar-refractivity contribution >= 4 is 5.78 Å². The van der Waals surface area contributed by atoms with Crippen LogP contribution in [0.4, 0.5) is 0 Å². The molecule has 1 aliphatic heterocycles. The Bertz CT molecular complexity index is 503. The predicted molar refractivity (Wildman–Crippen MR) is 78.6 cm³/mol. The summed E-state index contributed by atoms with van der Waals surface area (Å²) in [7, 11) is 2.13. The van der Waals surface area contributed by atoms with Gasteiger partial charge in [0.1, 0.15) is 0 Å². The van der Waals surface area contributed by atoms with E-state index in [1.165, 1.54) is 0 Å². The highest BCUT2D eigenvalue weighted by molar-refractivity contribution is 5.97. The maximum absolute atomic E-state index is 12.3. The number of carbonyl (C=O) groups excluding carboxylic acids is 1. The standard InChI is InChI=1S/C16H21N3O/c1-13-11-18(2)8-3-9-19(13)12-16(20)15-6-4-14(10-17)5-7-15/h4-7,13H,3,8-9,11-12H2,1-2H3. The third-order valence-electron chi connectivity index (χ3n) is 3.87. The minimum atomic E-state index is 0.130. The summed E-state index contributed by atoms with van der Waals surface area (Å²) in [5.74, 6) is 0.130. The van der Waals surface area contributed by atoms with Gasteiger partial charge in [-0.2, -0.15) is 5.26 Å². The van der Waals surface area contributed by atoms with Crippen LogP contribution < -0.4 is 0 Å². The molecule has 1 unspecified atom stereocenters. The van der Waals surface area contributed by atoms with E-state index in [9.17, 15) is 4.79 Å². The molecule has 2 rings (SSSR count). The summed E-state index contributed by atoms with van der Waals surface area (Å²) < 4.78 is 0. The van der Waals surface area contributed by atoms with Crippen LogP contribution in [-0.4, -0.2) is 54.9 Å². The van der Waals surface area contributed by atoms with Gasteiger partial charge in [-0.15, -0.1) is 0 Å². The lowest BCUT2D eigenvalue weighted by molar-refractivity contribution is 0.0900. The summed E-state index contributed by atoms with van der Waals surface area (Å²) in [6.07, 6.45) is 1.10. The van der Waals surface area contributed by atoms with E-state index >= 15 is 0 Å². The van der Waals surface area contributed by atoms with Crippen molar-refractivity contribution in [3.8, 4) is 6.07 Å². The van der Waals surface area contributed by atoms with Gasteiger partial charge in [-0.1, -0.05) is 12.1 Å². The van der Waals surface area contributed by atoms with Crippen LogP contribution in [0.3, 0.4) is 0 Å². The molecule has 1 heterocycles. The van der Waals surface area contributed by atoms with E-state index in [1.807, 2.05) is 0 Å². The molecule has 1 aromatic carbocycles. The molecule has 1 aromatic rings. The van der Waals surface area contributed by atoms with Crippen LogP contribution in [0.15, 0.2) is 24.3 Å². The molecule has 0 saturated carbocycles. The first-order chi connectivity index (χ1) is 9.60. The minimum Gasteiger partial charge on any atom is -0.305 e. The SMILES string of the molecule is CC1CN(C)CCCN1CC(=O)c1ccc(C#N)cc1. The molecular formula is C16H21N3O.